The lowest BCUT2D eigenvalue weighted by Gasteiger charge is -2.27. The van der Waals surface area contributed by atoms with Crippen LogP contribution < -0.4 is 5.32 Å². The maximum Gasteiger partial charge on any atom is 0.146 e. The number of fused-ring (bicyclic) bond motifs is 3. The predicted molar refractivity (Wildman–Crippen MR) is 131 cm³/mol. The van der Waals surface area contributed by atoms with Gasteiger partial charge in [-0.05, 0) is 69.3 Å². The van der Waals surface area contributed by atoms with Crippen molar-refractivity contribution in [2.24, 2.45) is 0 Å². The van der Waals surface area contributed by atoms with Crippen molar-refractivity contribution in [2.75, 3.05) is 51.3 Å². The molecule has 2 saturated heterocycles. The van der Waals surface area contributed by atoms with E-state index in [1.807, 2.05) is 17.4 Å². The van der Waals surface area contributed by atoms with Crippen molar-refractivity contribution < 1.29 is 9.15 Å². The van der Waals surface area contributed by atoms with Crippen LogP contribution in [0.2, 0.25) is 0 Å². The smallest absolute Gasteiger partial charge is 0.146 e. The molecule has 0 amide bonds. The first-order valence-electron chi connectivity index (χ1n) is 12.5. The highest BCUT2D eigenvalue weighted by atomic mass is 32.1. The Labute approximate surface area is 199 Å². The number of likely N-dealkylation sites (tertiary alicyclic amines) is 1. The van der Waals surface area contributed by atoms with Gasteiger partial charge >= 0.3 is 0 Å². The van der Waals surface area contributed by atoms with Crippen LogP contribution in [0.1, 0.15) is 53.8 Å². The molecule has 7 nitrogen and oxygen atoms in total. The normalized spacial score (nSPS) is 20.8. The molecule has 8 heteroatoms. The van der Waals surface area contributed by atoms with Crippen LogP contribution in [0.15, 0.2) is 22.8 Å². The van der Waals surface area contributed by atoms with Crippen molar-refractivity contribution in [2.45, 2.75) is 51.1 Å². The first-order valence-corrected chi connectivity index (χ1v) is 13.3. The van der Waals surface area contributed by atoms with Gasteiger partial charge in [0.1, 0.15) is 22.2 Å². The number of morpholine rings is 1. The molecule has 0 radical (unpaired) electrons. The summed E-state index contributed by atoms with van der Waals surface area (Å²) in [6.45, 7) is 7.31. The fourth-order valence-electron chi connectivity index (χ4n) is 5.50. The van der Waals surface area contributed by atoms with E-state index in [0.29, 0.717) is 0 Å². The number of nitrogens with one attached hydrogen (secondary N) is 1. The third-order valence-corrected chi connectivity index (χ3v) is 8.43. The SMILES string of the molecule is c1coc(C(CNc2nc(CN3CCOCC3)nc3sc4c(c23)CCCC4)N2CCCC2)c1. The van der Waals surface area contributed by atoms with Crippen LogP contribution >= 0.6 is 11.3 Å². The number of thiophene rings is 1. The molecule has 1 N–H and O–H groups in total. The van der Waals surface area contributed by atoms with Crippen molar-refractivity contribution >= 4 is 27.4 Å². The maximum atomic E-state index is 5.85. The second-order valence-electron chi connectivity index (χ2n) is 9.42. The van der Waals surface area contributed by atoms with Crippen LogP contribution in [0, 0.1) is 0 Å². The number of hydrogen-bond donors (Lipinski definition) is 1. The summed E-state index contributed by atoms with van der Waals surface area (Å²) >= 11 is 1.88. The quantitative estimate of drug-likeness (QED) is 0.557. The van der Waals surface area contributed by atoms with Gasteiger partial charge in [-0.15, -0.1) is 11.3 Å². The minimum absolute atomic E-state index is 0.227. The average molecular weight is 468 g/mol. The number of rotatable bonds is 7. The molecule has 0 saturated carbocycles. The van der Waals surface area contributed by atoms with Gasteiger partial charge in [0.25, 0.3) is 0 Å². The highest BCUT2D eigenvalue weighted by molar-refractivity contribution is 7.19. The zero-order valence-corrected chi connectivity index (χ0v) is 20.0. The van der Waals surface area contributed by atoms with Crippen LogP contribution in [0.5, 0.6) is 0 Å². The molecule has 176 valence electrons. The van der Waals surface area contributed by atoms with E-state index < -0.39 is 0 Å². The fraction of sp³-hybridized carbons (Fsp3) is 0.600. The molecule has 2 aliphatic heterocycles. The molecule has 3 aromatic rings. The lowest BCUT2D eigenvalue weighted by molar-refractivity contribution is 0.0331. The predicted octanol–water partition coefficient (Wildman–Crippen LogP) is 4.24. The number of aromatic nitrogens is 2. The molecule has 1 aliphatic carbocycles. The van der Waals surface area contributed by atoms with Gasteiger partial charge in [0, 0.05) is 24.5 Å². The number of hydrogen-bond acceptors (Lipinski definition) is 8. The van der Waals surface area contributed by atoms with Crippen LogP contribution in [0.25, 0.3) is 10.2 Å². The molecule has 0 aromatic carbocycles. The standard InChI is InChI=1S/C25H33N5O2S/c1-2-8-21-18(6-1)23-24(26-16-19(20-7-5-13-32-20)30-9-3-4-10-30)27-22(28-25(23)33-21)17-29-11-14-31-15-12-29/h5,7,13,19H,1-4,6,8-12,14-17H2,(H,26,27,28). The Balaban J connectivity index is 1.32. The summed E-state index contributed by atoms with van der Waals surface area (Å²) in [5.74, 6) is 2.97. The molecule has 0 spiro atoms. The zero-order chi connectivity index (χ0) is 22.0. The van der Waals surface area contributed by atoms with Gasteiger partial charge in [-0.2, -0.15) is 0 Å². The number of aryl methyl sites for hydroxylation is 2. The number of furan rings is 1. The summed E-state index contributed by atoms with van der Waals surface area (Å²) in [5.41, 5.74) is 1.48. The molecule has 2 fully saturated rings. The van der Waals surface area contributed by atoms with E-state index in [1.165, 1.54) is 47.9 Å². The Morgan fingerprint density at radius 1 is 1.03 bits per heavy atom. The average Bonchev–Trinajstić information content (AvgIpc) is 3.61. The Morgan fingerprint density at radius 2 is 1.88 bits per heavy atom. The molecule has 3 aliphatic rings. The van der Waals surface area contributed by atoms with E-state index >= 15 is 0 Å². The van der Waals surface area contributed by atoms with Gasteiger partial charge in [-0.1, -0.05) is 0 Å². The van der Waals surface area contributed by atoms with Crippen molar-refractivity contribution in [3.63, 3.8) is 0 Å². The lowest BCUT2D eigenvalue weighted by atomic mass is 9.97. The summed E-state index contributed by atoms with van der Waals surface area (Å²) in [6.07, 6.45) is 9.18. The fourth-order valence-corrected chi connectivity index (χ4v) is 6.78. The second kappa shape index (κ2) is 9.70. The third kappa shape index (κ3) is 4.54. The molecule has 6 rings (SSSR count). The molecule has 3 aromatic heterocycles. The third-order valence-electron chi connectivity index (χ3n) is 7.25. The first-order chi connectivity index (χ1) is 16.3. The van der Waals surface area contributed by atoms with Crippen molar-refractivity contribution in [3.05, 3.63) is 40.4 Å². The van der Waals surface area contributed by atoms with E-state index in [1.54, 1.807) is 6.26 Å². The highest BCUT2D eigenvalue weighted by Gasteiger charge is 2.27. The van der Waals surface area contributed by atoms with Crippen LogP contribution in [0.3, 0.4) is 0 Å². The summed E-state index contributed by atoms with van der Waals surface area (Å²) in [5, 5.41) is 5.04. The lowest BCUT2D eigenvalue weighted by Crippen LogP contribution is -2.36. The van der Waals surface area contributed by atoms with Crippen LogP contribution in [-0.2, 0) is 24.1 Å². The van der Waals surface area contributed by atoms with Gasteiger partial charge in [0.2, 0.25) is 0 Å². The van der Waals surface area contributed by atoms with E-state index in [9.17, 15) is 0 Å². The summed E-state index contributed by atoms with van der Waals surface area (Å²) in [4.78, 5) is 17.8. The van der Waals surface area contributed by atoms with Crippen molar-refractivity contribution in [3.8, 4) is 0 Å². The van der Waals surface area contributed by atoms with Crippen LogP contribution in [0.4, 0.5) is 5.82 Å². The Bertz CT molecular complexity index is 1070. The summed E-state index contributed by atoms with van der Waals surface area (Å²) in [6, 6.07) is 4.33. The van der Waals surface area contributed by atoms with E-state index in [0.717, 1.165) is 81.1 Å². The Kier molecular flexibility index (Phi) is 6.33. The number of anilines is 1. The van der Waals surface area contributed by atoms with Gasteiger partial charge in [0.15, 0.2) is 0 Å². The topological polar surface area (TPSA) is 66.7 Å². The Hall–Kier alpha value is -2.00. The molecule has 33 heavy (non-hydrogen) atoms. The van der Waals surface area contributed by atoms with E-state index in [2.05, 4.69) is 21.2 Å². The van der Waals surface area contributed by atoms with Gasteiger partial charge < -0.3 is 14.5 Å². The highest BCUT2D eigenvalue weighted by Crippen LogP contribution is 2.39. The molecular weight excluding hydrogens is 434 g/mol. The number of ether oxygens (including phenoxy) is 1. The maximum absolute atomic E-state index is 5.85. The monoisotopic (exact) mass is 467 g/mol. The largest absolute Gasteiger partial charge is 0.468 e. The van der Waals surface area contributed by atoms with Gasteiger partial charge in [-0.3, -0.25) is 9.80 Å². The van der Waals surface area contributed by atoms with Gasteiger partial charge in [0.05, 0.1) is 37.4 Å². The summed E-state index contributed by atoms with van der Waals surface area (Å²) < 4.78 is 11.4. The molecule has 1 atom stereocenters. The molecule has 0 bridgehead atoms. The minimum atomic E-state index is 0.227. The summed E-state index contributed by atoms with van der Waals surface area (Å²) in [7, 11) is 0. The Morgan fingerprint density at radius 3 is 2.70 bits per heavy atom. The van der Waals surface area contributed by atoms with Crippen molar-refractivity contribution in [1.29, 1.82) is 0 Å². The second-order valence-corrected chi connectivity index (χ2v) is 10.5. The zero-order valence-electron chi connectivity index (χ0n) is 19.2. The first kappa shape index (κ1) is 21.5. The number of nitrogens with zero attached hydrogens (tertiary/aromatic N) is 4. The van der Waals surface area contributed by atoms with Gasteiger partial charge in [-0.25, -0.2) is 9.97 Å². The van der Waals surface area contributed by atoms with Crippen LogP contribution in [-0.4, -0.2) is 65.7 Å². The minimum Gasteiger partial charge on any atom is -0.468 e. The van der Waals surface area contributed by atoms with E-state index in [4.69, 9.17) is 19.1 Å². The molecule has 1 unspecified atom stereocenters. The van der Waals surface area contributed by atoms with Crippen molar-refractivity contribution in [1.82, 2.24) is 19.8 Å². The molecule has 5 heterocycles. The van der Waals surface area contributed by atoms with E-state index in [-0.39, 0.29) is 6.04 Å². The molecular formula is C25H33N5O2S.